The van der Waals surface area contributed by atoms with Crippen LogP contribution < -0.4 is 9.47 Å². The summed E-state index contributed by atoms with van der Waals surface area (Å²) < 4.78 is 14.5. The highest BCUT2D eigenvalue weighted by molar-refractivity contribution is 5.72. The van der Waals surface area contributed by atoms with E-state index in [-0.39, 0.29) is 12.2 Å². The number of rotatable bonds is 11. The van der Waals surface area contributed by atoms with Gasteiger partial charge in [-0.2, -0.15) is 0 Å². The molecule has 0 aliphatic rings. The van der Waals surface area contributed by atoms with E-state index in [0.717, 1.165) is 57.5 Å². The Bertz CT molecular complexity index is 776. The van der Waals surface area contributed by atoms with Gasteiger partial charge in [0.15, 0.2) is 0 Å². The van der Waals surface area contributed by atoms with Crippen molar-refractivity contribution in [2.75, 3.05) is 55.4 Å². The minimum atomic E-state index is 0.153. The summed E-state index contributed by atoms with van der Waals surface area (Å²) in [6.07, 6.45) is 2.35. The van der Waals surface area contributed by atoms with Crippen molar-refractivity contribution in [1.82, 2.24) is 0 Å². The average Bonchev–Trinajstić information content (AvgIpc) is 2.65. The Hall–Kier alpha value is -2.04. The highest BCUT2D eigenvalue weighted by Crippen LogP contribution is 2.35. The lowest BCUT2D eigenvalue weighted by atomic mass is 10.0. The van der Waals surface area contributed by atoms with Crippen molar-refractivity contribution < 1.29 is 18.4 Å². The maximum absolute atomic E-state index is 6.38. The molecule has 0 bridgehead atoms. The van der Waals surface area contributed by atoms with Gasteiger partial charge in [0.2, 0.25) is 0 Å². The number of benzene rings is 2. The summed E-state index contributed by atoms with van der Waals surface area (Å²) >= 11 is 0. The van der Waals surface area contributed by atoms with Gasteiger partial charge in [-0.3, -0.25) is 0 Å². The van der Waals surface area contributed by atoms with Crippen molar-refractivity contribution in [3.8, 4) is 22.6 Å². The molecule has 30 heavy (non-hydrogen) atoms. The van der Waals surface area contributed by atoms with Gasteiger partial charge in [0, 0.05) is 18.4 Å². The number of quaternary nitrogens is 2. The van der Waals surface area contributed by atoms with Crippen molar-refractivity contribution in [3.63, 3.8) is 0 Å². The Labute approximate surface area is 184 Å². The van der Waals surface area contributed by atoms with Crippen LogP contribution in [0.3, 0.4) is 0 Å². The molecule has 0 aromatic heterocycles. The molecule has 0 fully saturated rings. The van der Waals surface area contributed by atoms with Crippen LogP contribution in [0.15, 0.2) is 48.5 Å². The highest BCUT2D eigenvalue weighted by atomic mass is 16.5. The van der Waals surface area contributed by atoms with E-state index in [1.165, 1.54) is 0 Å². The van der Waals surface area contributed by atoms with Gasteiger partial charge in [-0.05, 0) is 37.6 Å². The molecule has 0 unspecified atom stereocenters. The predicted octanol–water partition coefficient (Wildman–Crippen LogP) is 5.08. The molecule has 166 valence electrons. The second-order valence-corrected chi connectivity index (χ2v) is 10.5. The minimum Gasteiger partial charge on any atom is -0.490 e. The Balaban J connectivity index is 2.18. The molecule has 2 atom stereocenters. The summed E-state index contributed by atoms with van der Waals surface area (Å²) in [5.74, 6) is 1.82. The quantitative estimate of drug-likeness (QED) is 0.477. The van der Waals surface area contributed by atoms with Gasteiger partial charge >= 0.3 is 0 Å². The summed E-state index contributed by atoms with van der Waals surface area (Å²) in [5, 5.41) is 0. The maximum Gasteiger partial charge on any atom is 0.127 e. The van der Waals surface area contributed by atoms with E-state index in [9.17, 15) is 0 Å². The molecule has 4 heteroatoms. The van der Waals surface area contributed by atoms with Crippen LogP contribution in [0.4, 0.5) is 0 Å². The van der Waals surface area contributed by atoms with E-state index in [4.69, 9.17) is 9.47 Å². The zero-order valence-electron chi connectivity index (χ0n) is 20.3. The van der Waals surface area contributed by atoms with Gasteiger partial charge in [0.05, 0.1) is 55.4 Å². The molecule has 0 saturated heterocycles. The fourth-order valence-corrected chi connectivity index (χ4v) is 3.23. The minimum absolute atomic E-state index is 0.153. The Morgan fingerprint density at radius 2 is 1.23 bits per heavy atom. The molecular formula is C26H42N2O2+2. The molecule has 0 heterocycles. The fourth-order valence-electron chi connectivity index (χ4n) is 3.23. The van der Waals surface area contributed by atoms with Crippen LogP contribution in [0.1, 0.15) is 26.7 Å². The molecule has 2 aromatic rings. The maximum atomic E-state index is 6.38. The first-order valence-electron chi connectivity index (χ1n) is 11.1. The van der Waals surface area contributed by atoms with Crippen molar-refractivity contribution in [2.24, 2.45) is 0 Å². The molecule has 4 nitrogen and oxygen atoms in total. The van der Waals surface area contributed by atoms with Gasteiger partial charge in [0.1, 0.15) is 23.7 Å². The largest absolute Gasteiger partial charge is 0.490 e. The molecule has 0 aliphatic heterocycles. The molecule has 0 saturated carbocycles. The molecule has 0 N–H and O–H groups in total. The van der Waals surface area contributed by atoms with Gasteiger partial charge in [-0.1, -0.05) is 30.3 Å². The summed E-state index contributed by atoms with van der Waals surface area (Å²) in [7, 11) is 13.3. The third-order valence-corrected chi connectivity index (χ3v) is 5.11. The van der Waals surface area contributed by atoms with E-state index < -0.39 is 0 Å². The third-order valence-electron chi connectivity index (χ3n) is 5.11. The smallest absolute Gasteiger partial charge is 0.127 e. The van der Waals surface area contributed by atoms with Crippen LogP contribution in [0.25, 0.3) is 11.1 Å². The SMILES string of the molecule is C[C@H](CC[N+](C)(C)C)Oc1ccc(O[C@H](C)CC[N+](C)(C)C)c(-c2ccccc2)c1. The second kappa shape index (κ2) is 10.3. The van der Waals surface area contributed by atoms with E-state index in [2.05, 4.69) is 92.5 Å². The number of nitrogens with zero attached hydrogens (tertiary/aromatic N) is 2. The third kappa shape index (κ3) is 8.76. The van der Waals surface area contributed by atoms with Gasteiger partial charge in [-0.15, -0.1) is 0 Å². The lowest BCUT2D eigenvalue weighted by molar-refractivity contribution is -0.870. The van der Waals surface area contributed by atoms with Crippen LogP contribution in [0.5, 0.6) is 11.5 Å². The van der Waals surface area contributed by atoms with Gasteiger partial charge < -0.3 is 18.4 Å². The fraction of sp³-hybridized carbons (Fsp3) is 0.538. The topological polar surface area (TPSA) is 18.5 Å². The standard InChI is InChI=1S/C26H42N2O2/c1-21(16-18-27(3,4)5)29-24-14-15-26(30-22(2)17-19-28(6,7)8)25(20-24)23-12-10-9-11-13-23/h9-15,20-22H,16-19H2,1-8H3/q+2/t21-,22-/m1/s1. The van der Waals surface area contributed by atoms with E-state index in [1.807, 2.05) is 12.1 Å². The Morgan fingerprint density at radius 1 is 0.700 bits per heavy atom. The molecule has 0 aliphatic carbocycles. The Morgan fingerprint density at radius 3 is 1.77 bits per heavy atom. The van der Waals surface area contributed by atoms with E-state index >= 15 is 0 Å². The molecule has 2 rings (SSSR count). The van der Waals surface area contributed by atoms with Crippen molar-refractivity contribution in [1.29, 1.82) is 0 Å². The molecule has 0 spiro atoms. The summed E-state index contributed by atoms with van der Waals surface area (Å²) in [6.45, 7) is 6.46. The number of hydrogen-bond acceptors (Lipinski definition) is 2. The van der Waals surface area contributed by atoms with Crippen LogP contribution in [-0.2, 0) is 0 Å². The summed E-state index contributed by atoms with van der Waals surface area (Å²) in [4.78, 5) is 0. The molecule has 0 amide bonds. The van der Waals surface area contributed by atoms with Crippen LogP contribution in [-0.4, -0.2) is 76.5 Å². The van der Waals surface area contributed by atoms with Crippen LogP contribution in [0.2, 0.25) is 0 Å². The van der Waals surface area contributed by atoms with Crippen LogP contribution in [0, 0.1) is 0 Å². The highest BCUT2D eigenvalue weighted by Gasteiger charge is 2.17. The van der Waals surface area contributed by atoms with Gasteiger partial charge in [-0.25, -0.2) is 0 Å². The molecule has 0 radical (unpaired) electrons. The second-order valence-electron chi connectivity index (χ2n) is 10.5. The van der Waals surface area contributed by atoms with Crippen molar-refractivity contribution in [3.05, 3.63) is 48.5 Å². The molecular weight excluding hydrogens is 372 g/mol. The molecule has 2 aromatic carbocycles. The monoisotopic (exact) mass is 414 g/mol. The first-order valence-corrected chi connectivity index (χ1v) is 11.1. The van der Waals surface area contributed by atoms with Crippen LogP contribution >= 0.6 is 0 Å². The lowest BCUT2D eigenvalue weighted by Gasteiger charge is -2.27. The zero-order valence-corrected chi connectivity index (χ0v) is 20.3. The lowest BCUT2D eigenvalue weighted by Crippen LogP contribution is -2.37. The van der Waals surface area contributed by atoms with E-state index in [1.54, 1.807) is 0 Å². The number of hydrogen-bond donors (Lipinski definition) is 0. The average molecular weight is 415 g/mol. The predicted molar refractivity (Wildman–Crippen MR) is 127 cm³/mol. The normalized spacial score (nSPS) is 14.3. The number of ether oxygens (including phenoxy) is 2. The summed E-state index contributed by atoms with van der Waals surface area (Å²) in [6, 6.07) is 16.7. The first kappa shape index (κ1) is 24.2. The van der Waals surface area contributed by atoms with Gasteiger partial charge in [0.25, 0.3) is 0 Å². The van der Waals surface area contributed by atoms with Crippen molar-refractivity contribution >= 4 is 0 Å². The summed E-state index contributed by atoms with van der Waals surface area (Å²) in [5.41, 5.74) is 2.24. The first-order chi connectivity index (χ1) is 13.9. The van der Waals surface area contributed by atoms with Crippen molar-refractivity contribution in [2.45, 2.75) is 38.9 Å². The zero-order chi connectivity index (χ0) is 22.4. The van der Waals surface area contributed by atoms with E-state index in [0.29, 0.717) is 0 Å². The Kier molecular flexibility index (Phi) is 8.34.